The third kappa shape index (κ3) is 2.67. The number of aliphatic carboxylic acids is 1. The number of carboxylic acids is 1. The number of rotatable bonds is 4. The first-order valence-corrected chi connectivity index (χ1v) is 5.10. The highest BCUT2D eigenvalue weighted by Gasteiger charge is 2.12. The van der Waals surface area contributed by atoms with Crippen molar-refractivity contribution in [1.82, 2.24) is 15.2 Å². The molecule has 0 aliphatic carbocycles. The molecule has 4 N–H and O–H groups in total. The quantitative estimate of drug-likeness (QED) is 0.708. The first-order chi connectivity index (χ1) is 8.16. The number of carboxylic acid groups (broad SMARTS) is 1. The summed E-state index contributed by atoms with van der Waals surface area (Å²) in [6, 6.07) is 6.50. The number of hydrogen-bond acceptors (Lipinski definition) is 4. The SMILES string of the molecule is N[C@@H](Cc1ccc(-c2ncn[nH]2)cc1)C(=O)O. The molecule has 0 aliphatic rings. The molecular weight excluding hydrogens is 220 g/mol. The van der Waals surface area contributed by atoms with Crippen molar-refractivity contribution in [3.8, 4) is 11.4 Å². The maximum absolute atomic E-state index is 10.6. The second-order valence-electron chi connectivity index (χ2n) is 3.68. The number of aromatic amines is 1. The normalized spacial score (nSPS) is 12.3. The standard InChI is InChI=1S/C11H12N4O2/c12-9(11(16)17)5-7-1-3-8(4-2-7)10-13-6-14-15-10/h1-4,6,9H,5,12H2,(H,16,17)(H,13,14,15)/t9-/m0/s1. The number of hydrogen-bond donors (Lipinski definition) is 3. The summed E-state index contributed by atoms with van der Waals surface area (Å²) in [5.74, 6) is -0.316. The van der Waals surface area contributed by atoms with Crippen molar-refractivity contribution in [2.45, 2.75) is 12.5 Å². The monoisotopic (exact) mass is 232 g/mol. The van der Waals surface area contributed by atoms with E-state index in [2.05, 4.69) is 15.2 Å². The Morgan fingerprint density at radius 3 is 2.65 bits per heavy atom. The van der Waals surface area contributed by atoms with E-state index in [1.807, 2.05) is 24.3 Å². The van der Waals surface area contributed by atoms with Crippen molar-refractivity contribution < 1.29 is 9.90 Å². The molecule has 1 heterocycles. The lowest BCUT2D eigenvalue weighted by Crippen LogP contribution is -2.32. The van der Waals surface area contributed by atoms with Gasteiger partial charge in [0.2, 0.25) is 0 Å². The predicted molar refractivity (Wildman–Crippen MR) is 61.1 cm³/mol. The van der Waals surface area contributed by atoms with Crippen molar-refractivity contribution in [2.24, 2.45) is 5.73 Å². The molecule has 1 aromatic heterocycles. The molecule has 17 heavy (non-hydrogen) atoms. The van der Waals surface area contributed by atoms with Gasteiger partial charge >= 0.3 is 5.97 Å². The van der Waals surface area contributed by atoms with Crippen LogP contribution in [0.2, 0.25) is 0 Å². The first-order valence-electron chi connectivity index (χ1n) is 5.10. The molecule has 1 aromatic carbocycles. The van der Waals surface area contributed by atoms with E-state index in [1.165, 1.54) is 6.33 Å². The van der Waals surface area contributed by atoms with E-state index in [4.69, 9.17) is 10.8 Å². The molecule has 6 nitrogen and oxygen atoms in total. The highest BCUT2D eigenvalue weighted by molar-refractivity contribution is 5.73. The lowest BCUT2D eigenvalue weighted by Gasteiger charge is -2.06. The van der Waals surface area contributed by atoms with Crippen LogP contribution in [0.3, 0.4) is 0 Å². The molecule has 0 unspecified atom stereocenters. The van der Waals surface area contributed by atoms with Crippen LogP contribution in [0.4, 0.5) is 0 Å². The topological polar surface area (TPSA) is 105 Å². The van der Waals surface area contributed by atoms with E-state index in [1.54, 1.807) is 0 Å². The molecule has 0 aliphatic heterocycles. The molecular formula is C11H12N4O2. The molecule has 0 spiro atoms. The van der Waals surface area contributed by atoms with Crippen LogP contribution in [0, 0.1) is 0 Å². The first kappa shape index (κ1) is 11.3. The molecule has 1 atom stereocenters. The Morgan fingerprint density at radius 2 is 2.12 bits per heavy atom. The summed E-state index contributed by atoms with van der Waals surface area (Å²) in [7, 11) is 0. The zero-order chi connectivity index (χ0) is 12.3. The molecule has 0 saturated carbocycles. The van der Waals surface area contributed by atoms with E-state index in [0.717, 1.165) is 11.1 Å². The summed E-state index contributed by atoms with van der Waals surface area (Å²) < 4.78 is 0. The maximum atomic E-state index is 10.6. The number of carbonyl (C=O) groups is 1. The van der Waals surface area contributed by atoms with E-state index in [-0.39, 0.29) is 0 Å². The number of benzene rings is 1. The zero-order valence-corrected chi connectivity index (χ0v) is 9.00. The summed E-state index contributed by atoms with van der Waals surface area (Å²) in [6.07, 6.45) is 1.75. The Labute approximate surface area is 97.5 Å². The molecule has 0 bridgehead atoms. The Morgan fingerprint density at radius 1 is 1.41 bits per heavy atom. The van der Waals surface area contributed by atoms with Crippen LogP contribution in [-0.2, 0) is 11.2 Å². The van der Waals surface area contributed by atoms with E-state index in [9.17, 15) is 4.79 Å². The lowest BCUT2D eigenvalue weighted by atomic mass is 10.0. The van der Waals surface area contributed by atoms with Crippen LogP contribution in [-0.4, -0.2) is 32.3 Å². The molecule has 2 aromatic rings. The lowest BCUT2D eigenvalue weighted by molar-refractivity contribution is -0.138. The Hall–Kier alpha value is -2.21. The van der Waals surface area contributed by atoms with Crippen molar-refractivity contribution in [3.63, 3.8) is 0 Å². The van der Waals surface area contributed by atoms with Gasteiger partial charge < -0.3 is 10.8 Å². The third-order valence-corrected chi connectivity index (χ3v) is 2.42. The average molecular weight is 232 g/mol. The predicted octanol–water partition coefficient (Wildman–Crippen LogP) is 0.426. The molecule has 0 saturated heterocycles. The van der Waals surface area contributed by atoms with Crippen LogP contribution in [0.15, 0.2) is 30.6 Å². The van der Waals surface area contributed by atoms with Gasteiger partial charge in [-0.25, -0.2) is 4.98 Å². The van der Waals surface area contributed by atoms with Gasteiger partial charge in [0, 0.05) is 5.56 Å². The van der Waals surface area contributed by atoms with Gasteiger partial charge in [0.05, 0.1) is 0 Å². The number of nitrogens with zero attached hydrogens (tertiary/aromatic N) is 2. The van der Waals surface area contributed by atoms with E-state index in [0.29, 0.717) is 12.2 Å². The molecule has 2 rings (SSSR count). The van der Waals surface area contributed by atoms with Gasteiger partial charge in [0.25, 0.3) is 0 Å². The van der Waals surface area contributed by atoms with Gasteiger partial charge in [-0.15, -0.1) is 0 Å². The minimum absolute atomic E-state index is 0.312. The Kier molecular flexibility index (Phi) is 3.15. The van der Waals surface area contributed by atoms with Crippen LogP contribution in [0.5, 0.6) is 0 Å². The molecule has 6 heteroatoms. The van der Waals surface area contributed by atoms with Gasteiger partial charge in [-0.2, -0.15) is 5.10 Å². The second-order valence-corrected chi connectivity index (χ2v) is 3.68. The van der Waals surface area contributed by atoms with Crippen molar-refractivity contribution in [2.75, 3.05) is 0 Å². The average Bonchev–Trinajstić information content (AvgIpc) is 2.83. The number of nitrogens with one attached hydrogen (secondary N) is 1. The van der Waals surface area contributed by atoms with Crippen LogP contribution in [0.25, 0.3) is 11.4 Å². The Bertz CT molecular complexity index is 493. The van der Waals surface area contributed by atoms with Crippen LogP contribution >= 0.6 is 0 Å². The van der Waals surface area contributed by atoms with Crippen LogP contribution in [0.1, 0.15) is 5.56 Å². The van der Waals surface area contributed by atoms with E-state index < -0.39 is 12.0 Å². The molecule has 0 radical (unpaired) electrons. The summed E-state index contributed by atoms with van der Waals surface area (Å²) in [4.78, 5) is 14.6. The summed E-state index contributed by atoms with van der Waals surface area (Å²) in [6.45, 7) is 0. The van der Waals surface area contributed by atoms with Gasteiger partial charge in [0.1, 0.15) is 12.4 Å². The van der Waals surface area contributed by atoms with Crippen LogP contribution < -0.4 is 5.73 Å². The number of nitrogens with two attached hydrogens (primary N) is 1. The van der Waals surface area contributed by atoms with E-state index >= 15 is 0 Å². The summed E-state index contributed by atoms with van der Waals surface area (Å²) in [5.41, 5.74) is 7.23. The van der Waals surface area contributed by atoms with Crippen molar-refractivity contribution in [1.29, 1.82) is 0 Å². The summed E-state index contributed by atoms with van der Waals surface area (Å²) in [5, 5.41) is 15.2. The fraction of sp³-hybridized carbons (Fsp3) is 0.182. The highest BCUT2D eigenvalue weighted by atomic mass is 16.4. The smallest absolute Gasteiger partial charge is 0.320 e. The summed E-state index contributed by atoms with van der Waals surface area (Å²) >= 11 is 0. The second kappa shape index (κ2) is 4.75. The Balaban J connectivity index is 2.11. The molecule has 0 fully saturated rings. The van der Waals surface area contributed by atoms with Crippen molar-refractivity contribution in [3.05, 3.63) is 36.2 Å². The largest absolute Gasteiger partial charge is 0.480 e. The molecule has 88 valence electrons. The maximum Gasteiger partial charge on any atom is 0.320 e. The highest BCUT2D eigenvalue weighted by Crippen LogP contribution is 2.15. The van der Waals surface area contributed by atoms with Gasteiger partial charge in [-0.3, -0.25) is 9.89 Å². The minimum atomic E-state index is -0.996. The number of aromatic nitrogens is 3. The minimum Gasteiger partial charge on any atom is -0.480 e. The van der Waals surface area contributed by atoms with Gasteiger partial charge in [-0.1, -0.05) is 24.3 Å². The molecule has 0 amide bonds. The van der Waals surface area contributed by atoms with Gasteiger partial charge in [0.15, 0.2) is 5.82 Å². The van der Waals surface area contributed by atoms with Crippen molar-refractivity contribution >= 4 is 5.97 Å². The fourth-order valence-electron chi connectivity index (χ4n) is 1.48. The number of H-pyrrole nitrogens is 1. The zero-order valence-electron chi connectivity index (χ0n) is 9.00. The van der Waals surface area contributed by atoms with Gasteiger partial charge in [-0.05, 0) is 12.0 Å². The third-order valence-electron chi connectivity index (χ3n) is 2.42. The fourth-order valence-corrected chi connectivity index (χ4v) is 1.48.